The first-order valence-corrected chi connectivity index (χ1v) is 5.64. The second-order valence-electron chi connectivity index (χ2n) is 4.92. The molecule has 1 aliphatic heterocycles. The summed E-state index contributed by atoms with van der Waals surface area (Å²) in [6.45, 7) is 4.20. The standard InChI is InChI=1S/C13H12F3NO2/c1-12(2)7-19-11(17-12)9-5-3-8(4-6-9)10(18)13(14,15)16/h3-6H,7H2,1-2H3. The second-order valence-corrected chi connectivity index (χ2v) is 4.92. The molecule has 6 heteroatoms. The molecule has 0 unspecified atom stereocenters. The van der Waals surface area contributed by atoms with E-state index in [1.54, 1.807) is 0 Å². The fourth-order valence-electron chi connectivity index (χ4n) is 1.66. The number of aliphatic imine (C=N–C) groups is 1. The highest BCUT2D eigenvalue weighted by molar-refractivity contribution is 6.01. The van der Waals surface area contributed by atoms with Gasteiger partial charge in [0, 0.05) is 11.1 Å². The number of ether oxygens (including phenoxy) is 1. The quantitative estimate of drug-likeness (QED) is 0.776. The first-order chi connectivity index (χ1) is 8.69. The van der Waals surface area contributed by atoms with Crippen molar-refractivity contribution >= 4 is 11.7 Å². The third-order valence-electron chi connectivity index (χ3n) is 2.62. The number of nitrogens with zero attached hydrogens (tertiary/aromatic N) is 1. The number of ketones is 1. The third-order valence-corrected chi connectivity index (χ3v) is 2.62. The highest BCUT2D eigenvalue weighted by atomic mass is 19.4. The second kappa shape index (κ2) is 4.36. The predicted molar refractivity (Wildman–Crippen MR) is 63.4 cm³/mol. The van der Waals surface area contributed by atoms with Gasteiger partial charge in [-0.1, -0.05) is 12.1 Å². The zero-order valence-corrected chi connectivity index (χ0v) is 10.4. The van der Waals surface area contributed by atoms with Gasteiger partial charge in [-0.25, -0.2) is 4.99 Å². The highest BCUT2D eigenvalue weighted by Gasteiger charge is 2.39. The van der Waals surface area contributed by atoms with E-state index in [-0.39, 0.29) is 5.54 Å². The molecule has 0 amide bonds. The van der Waals surface area contributed by atoms with Crippen molar-refractivity contribution in [2.24, 2.45) is 4.99 Å². The van der Waals surface area contributed by atoms with E-state index < -0.39 is 17.5 Å². The Bertz CT molecular complexity index is 530. The van der Waals surface area contributed by atoms with E-state index in [2.05, 4.69) is 4.99 Å². The molecule has 0 N–H and O–H groups in total. The van der Waals surface area contributed by atoms with Crippen LogP contribution in [-0.4, -0.2) is 30.0 Å². The lowest BCUT2D eigenvalue weighted by molar-refractivity contribution is -0.0885. The Balaban J connectivity index is 2.23. The first-order valence-electron chi connectivity index (χ1n) is 5.64. The van der Waals surface area contributed by atoms with Crippen molar-refractivity contribution in [1.29, 1.82) is 0 Å². The molecule has 0 saturated heterocycles. The van der Waals surface area contributed by atoms with Crippen LogP contribution in [0, 0.1) is 0 Å². The number of hydrogen-bond donors (Lipinski definition) is 0. The number of halogens is 3. The van der Waals surface area contributed by atoms with Gasteiger partial charge in [0.2, 0.25) is 5.90 Å². The summed E-state index contributed by atoms with van der Waals surface area (Å²) in [6, 6.07) is 5.06. The first kappa shape index (κ1) is 13.6. The Morgan fingerprint density at radius 1 is 1.26 bits per heavy atom. The minimum atomic E-state index is -4.86. The predicted octanol–water partition coefficient (Wildman–Crippen LogP) is 2.99. The maximum Gasteiger partial charge on any atom is 0.454 e. The molecule has 1 heterocycles. The minimum absolute atomic E-state index is 0.338. The molecule has 3 nitrogen and oxygen atoms in total. The minimum Gasteiger partial charge on any atom is -0.475 e. The van der Waals surface area contributed by atoms with Gasteiger partial charge in [0.15, 0.2) is 0 Å². The summed E-state index contributed by atoms with van der Waals surface area (Å²) in [5.41, 5.74) is -0.172. The summed E-state index contributed by atoms with van der Waals surface area (Å²) < 4.78 is 42.1. The van der Waals surface area contributed by atoms with Gasteiger partial charge in [0.25, 0.3) is 5.78 Å². The summed E-state index contributed by atoms with van der Waals surface area (Å²) >= 11 is 0. The molecular formula is C13H12F3NO2. The number of benzene rings is 1. The molecular weight excluding hydrogens is 259 g/mol. The zero-order valence-electron chi connectivity index (χ0n) is 10.4. The van der Waals surface area contributed by atoms with Crippen molar-refractivity contribution in [1.82, 2.24) is 0 Å². The Kier molecular flexibility index (Phi) is 3.12. The van der Waals surface area contributed by atoms with Crippen molar-refractivity contribution < 1.29 is 22.7 Å². The fraction of sp³-hybridized carbons (Fsp3) is 0.385. The lowest BCUT2D eigenvalue weighted by atomic mass is 10.1. The normalized spacial score (nSPS) is 17.8. The smallest absolute Gasteiger partial charge is 0.454 e. The molecule has 0 aromatic heterocycles. The summed E-state index contributed by atoms with van der Waals surface area (Å²) in [5.74, 6) is -1.47. The summed E-state index contributed by atoms with van der Waals surface area (Å²) in [4.78, 5) is 15.3. The topological polar surface area (TPSA) is 38.7 Å². The molecule has 0 saturated carbocycles. The lowest BCUT2D eigenvalue weighted by Crippen LogP contribution is -2.22. The number of alkyl halides is 3. The molecule has 0 radical (unpaired) electrons. The third kappa shape index (κ3) is 2.94. The fourth-order valence-corrected chi connectivity index (χ4v) is 1.66. The van der Waals surface area contributed by atoms with Gasteiger partial charge in [-0.3, -0.25) is 4.79 Å². The van der Waals surface area contributed by atoms with E-state index in [4.69, 9.17) is 4.74 Å². The number of carbonyl (C=O) groups is 1. The van der Waals surface area contributed by atoms with Gasteiger partial charge in [-0.05, 0) is 26.0 Å². The van der Waals surface area contributed by atoms with E-state index in [0.717, 1.165) is 12.1 Å². The Morgan fingerprint density at radius 3 is 2.26 bits per heavy atom. The van der Waals surface area contributed by atoms with Crippen LogP contribution in [0.5, 0.6) is 0 Å². The van der Waals surface area contributed by atoms with Crippen molar-refractivity contribution in [3.63, 3.8) is 0 Å². The van der Waals surface area contributed by atoms with Gasteiger partial charge in [0.05, 0.1) is 5.54 Å². The number of rotatable bonds is 2. The molecule has 0 spiro atoms. The van der Waals surface area contributed by atoms with Crippen LogP contribution in [0.15, 0.2) is 29.3 Å². The van der Waals surface area contributed by atoms with E-state index in [1.165, 1.54) is 12.1 Å². The molecule has 0 atom stereocenters. The van der Waals surface area contributed by atoms with E-state index in [0.29, 0.717) is 18.1 Å². The maximum absolute atomic E-state index is 12.2. The van der Waals surface area contributed by atoms with Gasteiger partial charge >= 0.3 is 6.18 Å². The van der Waals surface area contributed by atoms with E-state index in [9.17, 15) is 18.0 Å². The molecule has 1 aliphatic rings. The van der Waals surface area contributed by atoms with Crippen LogP contribution >= 0.6 is 0 Å². The monoisotopic (exact) mass is 271 g/mol. The molecule has 0 bridgehead atoms. The summed E-state index contributed by atoms with van der Waals surface area (Å²) in [7, 11) is 0. The molecule has 0 fully saturated rings. The Morgan fingerprint density at radius 2 is 1.84 bits per heavy atom. The molecule has 102 valence electrons. The SMILES string of the molecule is CC1(C)COC(c2ccc(C(=O)C(F)(F)F)cc2)=N1. The maximum atomic E-state index is 12.2. The van der Waals surface area contributed by atoms with Crippen LogP contribution in [0.25, 0.3) is 0 Å². The van der Waals surface area contributed by atoms with Gasteiger partial charge in [-0.2, -0.15) is 13.2 Å². The molecule has 2 rings (SSSR count). The Hall–Kier alpha value is -1.85. The van der Waals surface area contributed by atoms with Crippen molar-refractivity contribution in [3.8, 4) is 0 Å². The molecule has 19 heavy (non-hydrogen) atoms. The Labute approximate surface area is 108 Å². The molecule has 0 aliphatic carbocycles. The number of Topliss-reactive ketones (excluding diaryl/α,β-unsaturated/α-hetero) is 1. The number of carbonyl (C=O) groups excluding carboxylic acids is 1. The van der Waals surface area contributed by atoms with E-state index in [1.807, 2.05) is 13.8 Å². The summed E-state index contributed by atoms with van der Waals surface area (Å²) in [5, 5.41) is 0. The highest BCUT2D eigenvalue weighted by Crippen LogP contribution is 2.23. The van der Waals surface area contributed by atoms with Crippen LogP contribution in [0.3, 0.4) is 0 Å². The van der Waals surface area contributed by atoms with Crippen LogP contribution in [0.4, 0.5) is 13.2 Å². The van der Waals surface area contributed by atoms with Crippen LogP contribution in [0.2, 0.25) is 0 Å². The largest absolute Gasteiger partial charge is 0.475 e. The van der Waals surface area contributed by atoms with Gasteiger partial charge < -0.3 is 4.74 Å². The summed E-state index contributed by atoms with van der Waals surface area (Å²) in [6.07, 6.45) is -4.86. The van der Waals surface area contributed by atoms with Gasteiger partial charge in [-0.15, -0.1) is 0 Å². The average Bonchev–Trinajstić information content (AvgIpc) is 2.68. The van der Waals surface area contributed by atoms with Crippen LogP contribution in [-0.2, 0) is 4.74 Å². The van der Waals surface area contributed by atoms with Crippen LogP contribution in [0.1, 0.15) is 29.8 Å². The van der Waals surface area contributed by atoms with Crippen LogP contribution < -0.4 is 0 Å². The van der Waals surface area contributed by atoms with Crippen molar-refractivity contribution in [3.05, 3.63) is 35.4 Å². The zero-order chi connectivity index (χ0) is 14.3. The van der Waals surface area contributed by atoms with Crippen molar-refractivity contribution in [2.45, 2.75) is 25.6 Å². The van der Waals surface area contributed by atoms with Crippen molar-refractivity contribution in [2.75, 3.05) is 6.61 Å². The molecule has 1 aromatic rings. The number of hydrogen-bond acceptors (Lipinski definition) is 3. The lowest BCUT2D eigenvalue weighted by Gasteiger charge is -2.07. The molecule has 1 aromatic carbocycles. The average molecular weight is 271 g/mol. The van der Waals surface area contributed by atoms with Gasteiger partial charge in [0.1, 0.15) is 6.61 Å². The van der Waals surface area contributed by atoms with E-state index >= 15 is 0 Å².